The Labute approximate surface area is 356 Å². The third-order valence-electron chi connectivity index (χ3n) is 13.3. The molecule has 0 fully saturated rings. The van der Waals surface area contributed by atoms with Gasteiger partial charge in [0.15, 0.2) is 0 Å². The molecule has 0 radical (unpaired) electrons. The summed E-state index contributed by atoms with van der Waals surface area (Å²) in [7, 11) is 0. The Morgan fingerprint density at radius 2 is 1.37 bits per heavy atom. The molecule has 4 aliphatic carbocycles. The van der Waals surface area contributed by atoms with Crippen LogP contribution in [0.2, 0.25) is 0 Å². The SMILES string of the molecule is C/C=C\C(=C/C)C/C=C\C(=C/C)N(c1ccc(-c2ccccc2)cc1)C1CC=CC2=C1C1(C/C=C\C=C/Cc3c1cc1c4c(cccc34)-c3ccccc3-1)c1ccccc12. The van der Waals surface area contributed by atoms with E-state index >= 15 is 0 Å². The number of hydrogen-bond acceptors (Lipinski definition) is 1. The van der Waals surface area contributed by atoms with Crippen molar-refractivity contribution in [1.29, 1.82) is 0 Å². The van der Waals surface area contributed by atoms with Crippen molar-refractivity contribution in [3.63, 3.8) is 0 Å². The number of anilines is 1. The summed E-state index contributed by atoms with van der Waals surface area (Å²) in [5.41, 5.74) is 19.7. The monoisotopic (exact) mass is 773 g/mol. The molecule has 1 spiro atoms. The number of hydrogen-bond donors (Lipinski definition) is 0. The summed E-state index contributed by atoms with van der Waals surface area (Å²) in [6, 6.07) is 48.1. The lowest BCUT2D eigenvalue weighted by Gasteiger charge is -2.45. The second-order valence-corrected chi connectivity index (χ2v) is 16.4. The summed E-state index contributed by atoms with van der Waals surface area (Å²) in [4.78, 5) is 2.66. The molecule has 0 aliphatic heterocycles. The second kappa shape index (κ2) is 15.8. The minimum Gasteiger partial charge on any atom is -0.334 e. The Bertz CT molecular complexity index is 2890. The highest BCUT2D eigenvalue weighted by molar-refractivity contribution is 6.16. The first-order valence-electron chi connectivity index (χ1n) is 21.7. The molecule has 0 amide bonds. The molecule has 1 nitrogen and oxygen atoms in total. The highest BCUT2D eigenvalue weighted by atomic mass is 15.2. The summed E-state index contributed by atoms with van der Waals surface area (Å²) in [6.07, 6.45) is 31.3. The molecule has 2 unspecified atom stereocenters. The van der Waals surface area contributed by atoms with Crippen LogP contribution < -0.4 is 4.90 Å². The van der Waals surface area contributed by atoms with E-state index in [1.165, 1.54) is 94.5 Å². The topological polar surface area (TPSA) is 3.24 Å². The van der Waals surface area contributed by atoms with E-state index in [9.17, 15) is 0 Å². The highest BCUT2D eigenvalue weighted by Gasteiger charge is 2.51. The maximum absolute atomic E-state index is 2.66. The lowest BCUT2D eigenvalue weighted by molar-refractivity contribution is 0.550. The van der Waals surface area contributed by atoms with E-state index < -0.39 is 5.41 Å². The molecule has 0 bridgehead atoms. The van der Waals surface area contributed by atoms with Crippen molar-refractivity contribution in [3.8, 4) is 33.4 Å². The van der Waals surface area contributed by atoms with E-state index in [4.69, 9.17) is 0 Å². The van der Waals surface area contributed by atoms with Gasteiger partial charge in [-0.25, -0.2) is 0 Å². The molecule has 2 atom stereocenters. The molecule has 0 saturated heterocycles. The third-order valence-corrected chi connectivity index (χ3v) is 13.3. The maximum atomic E-state index is 2.66. The fraction of sp³-hybridized carbons (Fsp3) is 0.153. The van der Waals surface area contributed by atoms with Crippen molar-refractivity contribution < 1.29 is 0 Å². The van der Waals surface area contributed by atoms with Gasteiger partial charge in [0.2, 0.25) is 0 Å². The van der Waals surface area contributed by atoms with Crippen LogP contribution in [0.1, 0.15) is 62.3 Å². The quantitative estimate of drug-likeness (QED) is 0.139. The van der Waals surface area contributed by atoms with Crippen LogP contribution in [0.3, 0.4) is 0 Å². The van der Waals surface area contributed by atoms with E-state index in [-0.39, 0.29) is 6.04 Å². The van der Waals surface area contributed by atoms with Crippen LogP contribution in [-0.2, 0) is 11.8 Å². The largest absolute Gasteiger partial charge is 0.334 e. The van der Waals surface area contributed by atoms with E-state index in [1.54, 1.807) is 0 Å². The average molecular weight is 774 g/mol. The Balaban J connectivity index is 1.22. The molecule has 0 saturated carbocycles. The average Bonchev–Trinajstić information content (AvgIpc) is 3.81. The Kier molecular flexibility index (Phi) is 9.90. The van der Waals surface area contributed by atoms with Gasteiger partial charge in [-0.1, -0.05) is 176 Å². The van der Waals surface area contributed by atoms with Gasteiger partial charge in [0.05, 0.1) is 6.04 Å². The number of nitrogens with zero attached hydrogens (tertiary/aromatic N) is 1. The summed E-state index contributed by atoms with van der Waals surface area (Å²) >= 11 is 0. The van der Waals surface area contributed by atoms with Crippen molar-refractivity contribution in [2.75, 3.05) is 4.90 Å². The summed E-state index contributed by atoms with van der Waals surface area (Å²) < 4.78 is 0. The number of rotatable bonds is 8. The van der Waals surface area contributed by atoms with Gasteiger partial charge in [-0.05, 0) is 154 Å². The molecule has 60 heavy (non-hydrogen) atoms. The van der Waals surface area contributed by atoms with Gasteiger partial charge in [0, 0.05) is 16.8 Å². The van der Waals surface area contributed by atoms with E-state index in [1.807, 2.05) is 0 Å². The van der Waals surface area contributed by atoms with Gasteiger partial charge < -0.3 is 4.90 Å². The van der Waals surface area contributed by atoms with Gasteiger partial charge in [-0.15, -0.1) is 0 Å². The minimum absolute atomic E-state index is 0.0467. The van der Waals surface area contributed by atoms with Crippen LogP contribution in [0.15, 0.2) is 217 Å². The Hall–Kier alpha value is -6.70. The fourth-order valence-corrected chi connectivity index (χ4v) is 10.7. The highest BCUT2D eigenvalue weighted by Crippen LogP contribution is 2.60. The van der Waals surface area contributed by atoms with Crippen LogP contribution in [0, 0.1) is 0 Å². The van der Waals surface area contributed by atoms with Gasteiger partial charge in [-0.2, -0.15) is 0 Å². The predicted octanol–water partition coefficient (Wildman–Crippen LogP) is 15.5. The van der Waals surface area contributed by atoms with E-state index in [2.05, 4.69) is 226 Å². The first-order valence-corrected chi connectivity index (χ1v) is 21.7. The third kappa shape index (κ3) is 6.06. The second-order valence-electron chi connectivity index (χ2n) is 16.4. The maximum Gasteiger partial charge on any atom is 0.0607 e. The molecule has 0 heterocycles. The normalized spacial score (nSPS) is 20.2. The molecule has 292 valence electrons. The smallest absolute Gasteiger partial charge is 0.0607 e. The lowest BCUT2D eigenvalue weighted by atomic mass is 9.64. The molecular formula is C59H51N. The van der Waals surface area contributed by atoms with Gasteiger partial charge in [0.1, 0.15) is 0 Å². The zero-order chi connectivity index (χ0) is 40.6. The van der Waals surface area contributed by atoms with Crippen molar-refractivity contribution in [1.82, 2.24) is 0 Å². The number of allylic oxidation sites excluding steroid dienone is 13. The number of fused-ring (bicyclic) bond motifs is 10. The molecule has 10 rings (SSSR count). The van der Waals surface area contributed by atoms with Crippen LogP contribution >= 0.6 is 0 Å². The van der Waals surface area contributed by atoms with Gasteiger partial charge in [-0.3, -0.25) is 0 Å². The molecule has 0 aromatic heterocycles. The van der Waals surface area contributed by atoms with Crippen molar-refractivity contribution in [2.45, 2.75) is 57.9 Å². The molecular weight excluding hydrogens is 723 g/mol. The van der Waals surface area contributed by atoms with Crippen LogP contribution in [-0.4, -0.2) is 6.04 Å². The Morgan fingerprint density at radius 1 is 0.650 bits per heavy atom. The van der Waals surface area contributed by atoms with Gasteiger partial charge >= 0.3 is 0 Å². The van der Waals surface area contributed by atoms with Crippen LogP contribution in [0.5, 0.6) is 0 Å². The van der Waals surface area contributed by atoms with Gasteiger partial charge in [0.25, 0.3) is 0 Å². The summed E-state index contributed by atoms with van der Waals surface area (Å²) in [5.74, 6) is 0. The summed E-state index contributed by atoms with van der Waals surface area (Å²) in [6.45, 7) is 6.43. The standard InChI is InChI=1S/C59H51N/c1-4-21-41(5-2)22-18-25-44(6-3)60(45-37-35-43(36-38-45)42-23-10-9-11-24-42)56-34-20-32-52-49-29-15-16-33-54(49)59(58(52)56)39-17-8-7-12-28-48-51-31-19-30-50-46-26-13-14-27-47(46)53(57(50)51)40-55(48)59/h4-21,23-27,29-33,35-38,40,56H,22,28,34,39H2,1-3H3/b12-7-,17-8-,21-4-,25-18-,41-5+,44-6+. The van der Waals surface area contributed by atoms with E-state index in [0.29, 0.717) is 0 Å². The predicted molar refractivity (Wildman–Crippen MR) is 257 cm³/mol. The fourth-order valence-electron chi connectivity index (χ4n) is 10.7. The minimum atomic E-state index is -0.410. The molecule has 6 aromatic rings. The summed E-state index contributed by atoms with van der Waals surface area (Å²) in [5, 5.41) is 2.77. The zero-order valence-electron chi connectivity index (χ0n) is 34.9. The first kappa shape index (κ1) is 37.6. The van der Waals surface area contributed by atoms with Crippen molar-refractivity contribution in [2.24, 2.45) is 0 Å². The Morgan fingerprint density at radius 3 is 2.15 bits per heavy atom. The first-order chi connectivity index (χ1) is 29.7. The van der Waals surface area contributed by atoms with E-state index in [0.717, 1.165) is 25.7 Å². The molecule has 0 N–H and O–H groups in total. The molecule has 1 heteroatoms. The zero-order valence-corrected chi connectivity index (χ0v) is 34.9. The molecule has 6 aromatic carbocycles. The van der Waals surface area contributed by atoms with Crippen molar-refractivity contribution in [3.05, 3.63) is 239 Å². The number of benzene rings is 6. The lowest BCUT2D eigenvalue weighted by Crippen LogP contribution is -2.44. The molecule has 4 aliphatic rings. The van der Waals surface area contributed by atoms with Crippen LogP contribution in [0.4, 0.5) is 5.69 Å². The van der Waals surface area contributed by atoms with Crippen molar-refractivity contribution >= 4 is 22.0 Å². The van der Waals surface area contributed by atoms with Crippen LogP contribution in [0.25, 0.3) is 49.7 Å².